The molecule has 5 nitrogen and oxygen atoms in total. The van der Waals surface area contributed by atoms with Gasteiger partial charge in [0.25, 0.3) is 0 Å². The monoisotopic (exact) mass is 435 g/mol. The van der Waals surface area contributed by atoms with Gasteiger partial charge in [-0.15, -0.1) is 0 Å². The molecule has 0 aliphatic heterocycles. The summed E-state index contributed by atoms with van der Waals surface area (Å²) in [5.74, 6) is 0.699. The van der Waals surface area contributed by atoms with Gasteiger partial charge in [-0.1, -0.05) is 53.0 Å². The molecule has 0 saturated carbocycles. The number of amides is 1. The minimum Gasteiger partial charge on any atom is -0.497 e. The second kappa shape index (κ2) is 9.15. The quantitative estimate of drug-likeness (QED) is 0.515. The Morgan fingerprint density at radius 2 is 1.86 bits per heavy atom. The predicted molar refractivity (Wildman–Crippen MR) is 113 cm³/mol. The molecule has 0 aliphatic rings. The molecule has 0 spiro atoms. The molecule has 0 unspecified atom stereocenters. The van der Waals surface area contributed by atoms with Crippen LogP contribution >= 0.6 is 34.8 Å². The predicted octanol–water partition coefficient (Wildman–Crippen LogP) is 5.55. The Morgan fingerprint density at radius 3 is 2.54 bits per heavy atom. The van der Waals surface area contributed by atoms with Crippen LogP contribution in [0, 0.1) is 0 Å². The fraction of sp³-hybridized carbons (Fsp3) is 0.100. The first kappa shape index (κ1) is 20.3. The van der Waals surface area contributed by atoms with Crippen LogP contribution in [0.15, 0.2) is 54.7 Å². The number of nitrogens with zero attached hydrogens (tertiary/aromatic N) is 2. The van der Waals surface area contributed by atoms with Crippen molar-refractivity contribution in [2.24, 2.45) is 0 Å². The highest BCUT2D eigenvalue weighted by Gasteiger charge is 2.10. The van der Waals surface area contributed by atoms with E-state index in [1.54, 1.807) is 36.2 Å². The Morgan fingerprint density at radius 1 is 1.11 bits per heavy atom. The van der Waals surface area contributed by atoms with Crippen LogP contribution in [-0.2, 0) is 11.3 Å². The maximum Gasteiger partial charge on any atom is 0.249 e. The fourth-order valence-electron chi connectivity index (χ4n) is 2.43. The van der Waals surface area contributed by atoms with Crippen LogP contribution in [0.3, 0.4) is 0 Å². The van der Waals surface area contributed by atoms with Crippen molar-refractivity contribution in [3.05, 3.63) is 80.9 Å². The largest absolute Gasteiger partial charge is 0.497 e. The van der Waals surface area contributed by atoms with Crippen molar-refractivity contribution < 1.29 is 9.53 Å². The average molecular weight is 437 g/mol. The Hall–Kier alpha value is -2.47. The van der Waals surface area contributed by atoms with E-state index in [4.69, 9.17) is 39.5 Å². The van der Waals surface area contributed by atoms with E-state index in [0.717, 1.165) is 16.9 Å². The summed E-state index contributed by atoms with van der Waals surface area (Å²) in [6.45, 7) is 0.439. The van der Waals surface area contributed by atoms with Gasteiger partial charge in [-0.25, -0.2) is 0 Å². The number of hydrogen-bond acceptors (Lipinski definition) is 3. The number of anilines is 1. The molecule has 3 rings (SSSR count). The van der Waals surface area contributed by atoms with E-state index in [1.807, 2.05) is 30.3 Å². The Labute approximate surface area is 177 Å². The minimum absolute atomic E-state index is 0.283. The number of ether oxygens (including phenoxy) is 1. The highest BCUT2D eigenvalue weighted by Crippen LogP contribution is 2.24. The summed E-state index contributed by atoms with van der Waals surface area (Å²) in [6.07, 6.45) is 4.73. The summed E-state index contributed by atoms with van der Waals surface area (Å²) in [7, 11) is 1.60. The van der Waals surface area contributed by atoms with Gasteiger partial charge in [0.05, 0.1) is 23.7 Å². The molecule has 1 aromatic heterocycles. The summed E-state index contributed by atoms with van der Waals surface area (Å²) in [5, 5.41) is 8.26. The number of benzene rings is 2. The maximum absolute atomic E-state index is 12.1. The molecule has 8 heteroatoms. The first-order chi connectivity index (χ1) is 13.4. The molecule has 2 aromatic carbocycles. The van der Waals surface area contributed by atoms with Crippen LogP contribution in [0.1, 0.15) is 11.1 Å². The third-order valence-corrected chi connectivity index (χ3v) is 4.85. The standard InChI is InChI=1S/C20H16Cl3N3O2/c1-28-15-6-2-13(3-7-15)5-9-19(27)24-20-18(23)12-26(25-20)11-14-4-8-16(21)17(22)10-14/h2-10,12H,11H2,1H3,(H,24,25,27)/b9-5+. The molecule has 0 saturated heterocycles. The van der Waals surface area contributed by atoms with Crippen LogP contribution in [-0.4, -0.2) is 22.8 Å². The number of nitrogens with one attached hydrogen (secondary N) is 1. The lowest BCUT2D eigenvalue weighted by molar-refractivity contribution is -0.111. The van der Waals surface area contributed by atoms with Crippen molar-refractivity contribution in [3.63, 3.8) is 0 Å². The van der Waals surface area contributed by atoms with Crippen molar-refractivity contribution in [3.8, 4) is 5.75 Å². The number of rotatable bonds is 6. The highest BCUT2D eigenvalue weighted by molar-refractivity contribution is 6.42. The molecule has 0 fully saturated rings. The zero-order valence-corrected chi connectivity index (χ0v) is 17.1. The van der Waals surface area contributed by atoms with Crippen LogP contribution in [0.4, 0.5) is 5.82 Å². The second-order valence-electron chi connectivity index (χ2n) is 5.87. The minimum atomic E-state index is -0.336. The van der Waals surface area contributed by atoms with Crippen LogP contribution in [0.2, 0.25) is 15.1 Å². The highest BCUT2D eigenvalue weighted by atomic mass is 35.5. The number of halogens is 3. The van der Waals surface area contributed by atoms with Gasteiger partial charge < -0.3 is 10.1 Å². The third kappa shape index (κ3) is 5.29. The van der Waals surface area contributed by atoms with E-state index < -0.39 is 0 Å². The SMILES string of the molecule is COc1ccc(/C=C/C(=O)Nc2nn(Cc3ccc(Cl)c(Cl)c3)cc2Cl)cc1. The van der Waals surface area contributed by atoms with Crippen LogP contribution < -0.4 is 10.1 Å². The molecular weight excluding hydrogens is 421 g/mol. The van der Waals surface area contributed by atoms with Gasteiger partial charge in [-0.05, 0) is 41.5 Å². The molecule has 1 heterocycles. The molecular formula is C20H16Cl3N3O2. The molecule has 0 atom stereocenters. The van der Waals surface area contributed by atoms with Crippen molar-refractivity contribution >= 4 is 52.6 Å². The molecule has 0 bridgehead atoms. The zero-order valence-electron chi connectivity index (χ0n) is 14.8. The molecule has 28 heavy (non-hydrogen) atoms. The number of methoxy groups -OCH3 is 1. The molecule has 144 valence electrons. The molecule has 0 radical (unpaired) electrons. The third-order valence-electron chi connectivity index (χ3n) is 3.83. The van der Waals surface area contributed by atoms with Crippen LogP contribution in [0.5, 0.6) is 5.75 Å². The Balaban J connectivity index is 1.64. The summed E-state index contributed by atoms with van der Waals surface area (Å²) >= 11 is 18.1. The average Bonchev–Trinajstić information content (AvgIpc) is 3.02. The Kier molecular flexibility index (Phi) is 6.62. The van der Waals surface area contributed by atoms with Gasteiger partial charge in [0.1, 0.15) is 10.8 Å². The lowest BCUT2D eigenvalue weighted by atomic mass is 10.2. The summed E-state index contributed by atoms with van der Waals surface area (Å²) < 4.78 is 6.72. The lowest BCUT2D eigenvalue weighted by Gasteiger charge is -2.03. The van der Waals surface area contributed by atoms with Gasteiger partial charge in [-0.3, -0.25) is 9.48 Å². The van der Waals surface area contributed by atoms with E-state index in [9.17, 15) is 4.79 Å². The Bertz CT molecular complexity index is 1010. The van der Waals surface area contributed by atoms with E-state index in [2.05, 4.69) is 10.4 Å². The maximum atomic E-state index is 12.1. The first-order valence-corrected chi connectivity index (χ1v) is 9.38. The van der Waals surface area contributed by atoms with E-state index in [0.29, 0.717) is 21.6 Å². The van der Waals surface area contributed by atoms with E-state index in [-0.39, 0.29) is 11.7 Å². The van der Waals surface area contributed by atoms with Gasteiger partial charge in [0, 0.05) is 12.3 Å². The number of carbonyl (C=O) groups excluding carboxylic acids is 1. The van der Waals surface area contributed by atoms with E-state index in [1.165, 1.54) is 6.08 Å². The van der Waals surface area contributed by atoms with Gasteiger partial charge in [0.2, 0.25) is 5.91 Å². The summed E-state index contributed by atoms with van der Waals surface area (Å²) in [4.78, 5) is 12.1. The van der Waals surface area contributed by atoms with Crippen LogP contribution in [0.25, 0.3) is 6.08 Å². The zero-order chi connectivity index (χ0) is 20.1. The number of hydrogen-bond donors (Lipinski definition) is 1. The summed E-state index contributed by atoms with van der Waals surface area (Å²) in [6, 6.07) is 12.7. The first-order valence-electron chi connectivity index (χ1n) is 8.24. The normalized spacial score (nSPS) is 11.0. The second-order valence-corrected chi connectivity index (χ2v) is 7.09. The smallest absolute Gasteiger partial charge is 0.249 e. The van der Waals surface area contributed by atoms with Crippen molar-refractivity contribution in [2.75, 3.05) is 12.4 Å². The molecule has 1 amide bonds. The molecule has 0 aliphatic carbocycles. The van der Waals surface area contributed by atoms with Crippen molar-refractivity contribution in [1.82, 2.24) is 9.78 Å². The van der Waals surface area contributed by atoms with E-state index >= 15 is 0 Å². The van der Waals surface area contributed by atoms with Gasteiger partial charge in [-0.2, -0.15) is 5.10 Å². The number of aromatic nitrogens is 2. The van der Waals surface area contributed by atoms with Gasteiger partial charge in [0.15, 0.2) is 5.82 Å². The fourth-order valence-corrected chi connectivity index (χ4v) is 2.95. The lowest BCUT2D eigenvalue weighted by Crippen LogP contribution is -2.09. The van der Waals surface area contributed by atoms with Crippen molar-refractivity contribution in [2.45, 2.75) is 6.54 Å². The van der Waals surface area contributed by atoms with Gasteiger partial charge >= 0.3 is 0 Å². The number of carbonyl (C=O) groups is 1. The topological polar surface area (TPSA) is 56.1 Å². The molecule has 1 N–H and O–H groups in total. The molecule has 3 aromatic rings. The summed E-state index contributed by atoms with van der Waals surface area (Å²) in [5.41, 5.74) is 1.78. The van der Waals surface area contributed by atoms with Crippen molar-refractivity contribution in [1.29, 1.82) is 0 Å².